The molecule has 4 heterocycles. The normalized spacial score (nSPS) is 11.7. The maximum absolute atomic E-state index is 13.9. The third-order valence-electron chi connectivity index (χ3n) is 5.14. The average molecular weight is 519 g/mol. The molecule has 1 N–H and O–H groups in total. The van der Waals surface area contributed by atoms with Crippen LogP contribution in [0, 0.1) is 25.5 Å². The Kier molecular flexibility index (Phi) is 6.72. The van der Waals surface area contributed by atoms with Crippen molar-refractivity contribution in [3.8, 4) is 22.0 Å². The number of thiophene rings is 1. The lowest BCUT2D eigenvalue weighted by molar-refractivity contribution is 0.0688. The van der Waals surface area contributed by atoms with Crippen LogP contribution in [-0.2, 0) is 12.2 Å². The highest BCUT2D eigenvalue weighted by Crippen LogP contribution is 2.34. The van der Waals surface area contributed by atoms with Crippen molar-refractivity contribution in [3.63, 3.8) is 0 Å². The molecule has 0 saturated carbocycles. The minimum absolute atomic E-state index is 0.0645. The molecule has 0 spiro atoms. The van der Waals surface area contributed by atoms with E-state index in [2.05, 4.69) is 15.0 Å². The number of halogens is 3. The standard InChI is InChI=1S/C24H21ClF2N4O3S/c1-12-7-19(34-11-17-15(27)8-14(26)10-29-17)21(25)22(32)31(12)18-9-20(35-13(18)2)16-5-6-28-23(30-16)24(3,4)33/h5-10,33H,11H2,1-4H3. The summed E-state index contributed by atoms with van der Waals surface area (Å²) in [4.78, 5) is 27.1. The molecule has 11 heteroatoms. The van der Waals surface area contributed by atoms with Crippen LogP contribution in [0.1, 0.15) is 35.9 Å². The highest BCUT2D eigenvalue weighted by atomic mass is 35.5. The number of hydrogen-bond donors (Lipinski definition) is 1. The van der Waals surface area contributed by atoms with Crippen molar-refractivity contribution in [3.05, 3.63) is 85.8 Å². The van der Waals surface area contributed by atoms with Gasteiger partial charge in [-0.05, 0) is 39.8 Å². The maximum Gasteiger partial charge on any atom is 0.277 e. The fourth-order valence-corrected chi connectivity index (χ4v) is 4.56. The van der Waals surface area contributed by atoms with Crippen molar-refractivity contribution in [2.75, 3.05) is 0 Å². The molecule has 4 rings (SSSR count). The first-order chi connectivity index (χ1) is 16.5. The van der Waals surface area contributed by atoms with Crippen LogP contribution in [0.15, 0.2) is 41.5 Å². The number of ether oxygens (including phenoxy) is 1. The quantitative estimate of drug-likeness (QED) is 0.381. The second-order valence-electron chi connectivity index (χ2n) is 8.35. The smallest absolute Gasteiger partial charge is 0.277 e. The lowest BCUT2D eigenvalue weighted by atomic mass is 10.1. The van der Waals surface area contributed by atoms with Gasteiger partial charge in [0.05, 0.1) is 22.5 Å². The zero-order chi connectivity index (χ0) is 25.5. The fraction of sp³-hybridized carbons (Fsp3) is 0.250. The van der Waals surface area contributed by atoms with Gasteiger partial charge in [0.2, 0.25) is 0 Å². The summed E-state index contributed by atoms with van der Waals surface area (Å²) < 4.78 is 33.9. The Morgan fingerprint density at radius 3 is 2.63 bits per heavy atom. The number of aryl methyl sites for hydroxylation is 2. The SMILES string of the molecule is Cc1sc(-c2ccnc(C(C)(C)O)n2)cc1-n1c(C)cc(OCc2ncc(F)cc2F)c(Cl)c1=O. The van der Waals surface area contributed by atoms with Gasteiger partial charge in [0.25, 0.3) is 5.56 Å². The van der Waals surface area contributed by atoms with Crippen molar-refractivity contribution >= 4 is 22.9 Å². The second kappa shape index (κ2) is 9.44. The van der Waals surface area contributed by atoms with E-state index in [0.717, 1.165) is 16.0 Å². The van der Waals surface area contributed by atoms with Crippen molar-refractivity contribution in [2.45, 2.75) is 39.9 Å². The number of aromatic nitrogens is 4. The van der Waals surface area contributed by atoms with E-state index in [1.165, 1.54) is 15.9 Å². The van der Waals surface area contributed by atoms with Gasteiger partial charge in [-0.3, -0.25) is 14.3 Å². The van der Waals surface area contributed by atoms with Gasteiger partial charge in [-0.15, -0.1) is 11.3 Å². The summed E-state index contributed by atoms with van der Waals surface area (Å²) in [5.41, 5.74) is -0.0553. The Labute approximate surface area is 208 Å². The van der Waals surface area contributed by atoms with Crippen molar-refractivity contribution in [1.29, 1.82) is 0 Å². The van der Waals surface area contributed by atoms with Crippen LogP contribution in [0.2, 0.25) is 5.02 Å². The summed E-state index contributed by atoms with van der Waals surface area (Å²) in [6.45, 7) is 6.47. The third-order valence-corrected chi connectivity index (χ3v) is 6.55. The lowest BCUT2D eigenvalue weighted by Gasteiger charge is -2.15. The van der Waals surface area contributed by atoms with Gasteiger partial charge in [0.15, 0.2) is 11.6 Å². The highest BCUT2D eigenvalue weighted by Gasteiger charge is 2.22. The molecule has 7 nitrogen and oxygen atoms in total. The van der Waals surface area contributed by atoms with E-state index in [-0.39, 0.29) is 28.9 Å². The Hall–Kier alpha value is -3.21. The van der Waals surface area contributed by atoms with Crippen LogP contribution in [0.5, 0.6) is 5.75 Å². The molecule has 0 aromatic carbocycles. The van der Waals surface area contributed by atoms with Gasteiger partial charge >= 0.3 is 0 Å². The third kappa shape index (κ3) is 5.09. The molecule has 0 radical (unpaired) electrons. The van der Waals surface area contributed by atoms with Crippen LogP contribution in [0.4, 0.5) is 8.78 Å². The summed E-state index contributed by atoms with van der Waals surface area (Å²) in [6.07, 6.45) is 2.45. The average Bonchev–Trinajstić information content (AvgIpc) is 3.17. The Morgan fingerprint density at radius 2 is 1.94 bits per heavy atom. The molecule has 0 saturated heterocycles. The van der Waals surface area contributed by atoms with Gasteiger partial charge in [0, 0.05) is 28.9 Å². The summed E-state index contributed by atoms with van der Waals surface area (Å²) in [6, 6.07) is 5.82. The summed E-state index contributed by atoms with van der Waals surface area (Å²) in [5, 5.41) is 10.1. The van der Waals surface area contributed by atoms with Crippen LogP contribution < -0.4 is 10.3 Å². The number of rotatable bonds is 6. The monoisotopic (exact) mass is 518 g/mol. The van der Waals surface area contributed by atoms with Gasteiger partial charge in [-0.25, -0.2) is 18.7 Å². The molecule has 0 aliphatic carbocycles. The molecule has 0 bridgehead atoms. The van der Waals surface area contributed by atoms with Gasteiger partial charge < -0.3 is 9.84 Å². The summed E-state index contributed by atoms with van der Waals surface area (Å²) in [5.74, 6) is -1.31. The molecule has 0 unspecified atom stereocenters. The number of aliphatic hydroxyl groups is 1. The zero-order valence-corrected chi connectivity index (χ0v) is 20.8. The number of pyridine rings is 2. The Morgan fingerprint density at radius 1 is 1.20 bits per heavy atom. The van der Waals surface area contributed by atoms with Crippen molar-refractivity contribution in [2.24, 2.45) is 0 Å². The van der Waals surface area contributed by atoms with Crippen LogP contribution in [-0.4, -0.2) is 24.6 Å². The zero-order valence-electron chi connectivity index (χ0n) is 19.3. The minimum Gasteiger partial charge on any atom is -0.485 e. The predicted molar refractivity (Wildman–Crippen MR) is 129 cm³/mol. The maximum atomic E-state index is 13.9. The van der Waals surface area contributed by atoms with E-state index >= 15 is 0 Å². The van der Waals surface area contributed by atoms with Crippen molar-refractivity contribution in [1.82, 2.24) is 19.5 Å². The van der Waals surface area contributed by atoms with Crippen molar-refractivity contribution < 1.29 is 18.6 Å². The van der Waals surface area contributed by atoms with E-state index in [4.69, 9.17) is 16.3 Å². The van der Waals surface area contributed by atoms with Crippen LogP contribution >= 0.6 is 22.9 Å². The van der Waals surface area contributed by atoms with E-state index in [9.17, 15) is 18.7 Å². The van der Waals surface area contributed by atoms with E-state index in [0.29, 0.717) is 23.1 Å². The van der Waals surface area contributed by atoms with E-state index in [1.54, 1.807) is 39.1 Å². The molecule has 35 heavy (non-hydrogen) atoms. The molecule has 0 amide bonds. The number of nitrogens with zero attached hydrogens (tertiary/aromatic N) is 4. The van der Waals surface area contributed by atoms with Gasteiger partial charge in [-0.1, -0.05) is 11.6 Å². The lowest BCUT2D eigenvalue weighted by Crippen LogP contribution is -2.22. The molecule has 0 fully saturated rings. The second-order valence-corrected chi connectivity index (χ2v) is 9.99. The molecule has 4 aromatic heterocycles. The largest absolute Gasteiger partial charge is 0.485 e. The van der Waals surface area contributed by atoms with Gasteiger partial charge in [0.1, 0.15) is 34.5 Å². The molecule has 4 aromatic rings. The molecule has 182 valence electrons. The Balaban J connectivity index is 1.68. The first-order valence-electron chi connectivity index (χ1n) is 10.5. The topological polar surface area (TPSA) is 90.1 Å². The van der Waals surface area contributed by atoms with Crippen LogP contribution in [0.25, 0.3) is 16.3 Å². The summed E-state index contributed by atoms with van der Waals surface area (Å²) in [7, 11) is 0. The fourth-order valence-electron chi connectivity index (χ4n) is 3.39. The van der Waals surface area contributed by atoms with Gasteiger partial charge in [-0.2, -0.15) is 0 Å². The first-order valence-corrected chi connectivity index (χ1v) is 11.7. The van der Waals surface area contributed by atoms with Crippen LogP contribution in [0.3, 0.4) is 0 Å². The predicted octanol–water partition coefficient (Wildman–Crippen LogP) is 5.11. The molecule has 0 aliphatic heterocycles. The molecular weight excluding hydrogens is 498 g/mol. The highest BCUT2D eigenvalue weighted by molar-refractivity contribution is 7.15. The molecule has 0 atom stereocenters. The Bertz CT molecular complexity index is 1480. The molecular formula is C24H21ClF2N4O3S. The first kappa shape index (κ1) is 24.9. The van der Waals surface area contributed by atoms with E-state index < -0.39 is 22.8 Å². The molecule has 0 aliphatic rings. The summed E-state index contributed by atoms with van der Waals surface area (Å²) >= 11 is 7.75. The van der Waals surface area contributed by atoms with E-state index in [1.807, 2.05) is 13.0 Å². The number of hydrogen-bond acceptors (Lipinski definition) is 7. The minimum atomic E-state index is -1.20.